The zero-order valence-electron chi connectivity index (χ0n) is 7.21. The van der Waals surface area contributed by atoms with Gasteiger partial charge in [-0.25, -0.2) is 8.42 Å². The molecule has 5 heteroatoms. The summed E-state index contributed by atoms with van der Waals surface area (Å²) in [6.07, 6.45) is 1.07. The van der Waals surface area contributed by atoms with E-state index >= 15 is 0 Å². The Labute approximate surface area is 102 Å². The van der Waals surface area contributed by atoms with Crippen molar-refractivity contribution in [2.75, 3.05) is 6.26 Å². The highest BCUT2D eigenvalue weighted by molar-refractivity contribution is 14.1. The van der Waals surface area contributed by atoms with Gasteiger partial charge in [0.1, 0.15) is 0 Å². The van der Waals surface area contributed by atoms with Crippen molar-refractivity contribution in [1.82, 2.24) is 0 Å². The second-order valence-corrected chi connectivity index (χ2v) is 5.97. The van der Waals surface area contributed by atoms with Crippen LogP contribution in [0.1, 0.15) is 5.56 Å². The van der Waals surface area contributed by atoms with Crippen LogP contribution in [0, 0.1) is 14.7 Å². The molecule has 0 aromatic heterocycles. The van der Waals surface area contributed by atoms with Crippen LogP contribution in [-0.4, -0.2) is 14.7 Å². The predicted octanol–water partition coefficient (Wildman–Crippen LogP) is 2.30. The van der Waals surface area contributed by atoms with Crippen molar-refractivity contribution in [3.8, 4) is 11.2 Å². The summed E-state index contributed by atoms with van der Waals surface area (Å²) in [6, 6.07) is 5.16. The quantitative estimate of drug-likeness (QED) is 0.536. The molecule has 2 nitrogen and oxygen atoms in total. The Balaban J connectivity index is 3.19. The zero-order valence-corrected chi connectivity index (χ0v) is 10.9. The van der Waals surface area contributed by atoms with Gasteiger partial charge in [0.15, 0.2) is 0 Å². The molecule has 0 aliphatic rings. The van der Waals surface area contributed by atoms with Crippen LogP contribution in [0.5, 0.6) is 0 Å². The molecule has 0 saturated heterocycles. The third kappa shape index (κ3) is 3.86. The molecule has 0 bridgehead atoms. The van der Waals surface area contributed by atoms with Gasteiger partial charge in [0.2, 0.25) is 9.84 Å². The summed E-state index contributed by atoms with van der Waals surface area (Å²) in [6.45, 7) is 0. The summed E-state index contributed by atoms with van der Waals surface area (Å²) in [5.74, 6) is 2.56. The molecule has 0 heterocycles. The van der Waals surface area contributed by atoms with Gasteiger partial charge < -0.3 is 0 Å². The van der Waals surface area contributed by atoms with E-state index < -0.39 is 9.84 Å². The largest absolute Gasteiger partial charge is 0.216 e. The smallest absolute Gasteiger partial charge is 0.214 e. The van der Waals surface area contributed by atoms with Crippen LogP contribution in [-0.2, 0) is 9.84 Å². The number of benzene rings is 1. The maximum Gasteiger partial charge on any atom is 0.214 e. The molecule has 74 valence electrons. The number of halogens is 2. The number of hydrogen-bond acceptors (Lipinski definition) is 2. The lowest BCUT2D eigenvalue weighted by atomic mass is 10.2. The fourth-order valence-electron chi connectivity index (χ4n) is 0.741. The molecule has 1 aromatic carbocycles. The van der Waals surface area contributed by atoms with Gasteiger partial charge in [-0.15, -0.1) is 0 Å². The van der Waals surface area contributed by atoms with Crippen molar-refractivity contribution in [3.63, 3.8) is 0 Å². The van der Waals surface area contributed by atoms with E-state index in [1.165, 1.54) is 0 Å². The average Bonchev–Trinajstić information content (AvgIpc) is 2.05. The molecule has 0 spiro atoms. The molecule has 0 saturated carbocycles. The van der Waals surface area contributed by atoms with Crippen LogP contribution in [0.25, 0.3) is 0 Å². The van der Waals surface area contributed by atoms with Gasteiger partial charge in [-0.05, 0) is 46.7 Å². The monoisotopic (exact) mass is 340 g/mol. The van der Waals surface area contributed by atoms with Crippen LogP contribution in [0.3, 0.4) is 0 Å². The van der Waals surface area contributed by atoms with E-state index in [-0.39, 0.29) is 0 Å². The highest BCUT2D eigenvalue weighted by Crippen LogP contribution is 2.16. The van der Waals surface area contributed by atoms with Crippen LogP contribution in [0.2, 0.25) is 5.02 Å². The minimum atomic E-state index is -3.26. The fraction of sp³-hybridized carbons (Fsp3) is 0.111. The summed E-state index contributed by atoms with van der Waals surface area (Å²) < 4.78 is 22.5. The summed E-state index contributed by atoms with van der Waals surface area (Å²) in [5.41, 5.74) is 0.628. The Hall–Kier alpha value is -0.250. The second kappa shape index (κ2) is 4.51. The third-order valence-electron chi connectivity index (χ3n) is 1.30. The molecule has 0 aliphatic heterocycles. The lowest BCUT2D eigenvalue weighted by molar-refractivity contribution is 0.611. The van der Waals surface area contributed by atoms with Crippen molar-refractivity contribution in [2.45, 2.75) is 0 Å². The molecular weight excluding hydrogens is 335 g/mol. The summed E-state index contributed by atoms with van der Waals surface area (Å²) >= 11 is 7.82. The number of hydrogen-bond donors (Lipinski definition) is 0. The van der Waals surface area contributed by atoms with Gasteiger partial charge in [0, 0.05) is 19.4 Å². The molecule has 0 radical (unpaired) electrons. The summed E-state index contributed by atoms with van der Waals surface area (Å²) in [4.78, 5) is 0. The van der Waals surface area contributed by atoms with Gasteiger partial charge in [0.05, 0.1) is 6.26 Å². The van der Waals surface area contributed by atoms with E-state index in [1.54, 1.807) is 18.2 Å². The number of rotatable bonds is 0. The molecule has 0 N–H and O–H groups in total. The van der Waals surface area contributed by atoms with Crippen LogP contribution >= 0.6 is 34.2 Å². The minimum Gasteiger partial charge on any atom is -0.216 e. The lowest BCUT2D eigenvalue weighted by Crippen LogP contribution is -1.90. The fourth-order valence-corrected chi connectivity index (χ4v) is 1.68. The highest BCUT2D eigenvalue weighted by atomic mass is 127. The van der Waals surface area contributed by atoms with E-state index in [9.17, 15) is 8.42 Å². The predicted molar refractivity (Wildman–Crippen MR) is 65.9 cm³/mol. The minimum absolute atomic E-state index is 0.545. The van der Waals surface area contributed by atoms with Gasteiger partial charge in [-0.2, -0.15) is 0 Å². The van der Waals surface area contributed by atoms with Gasteiger partial charge >= 0.3 is 0 Å². The Morgan fingerprint density at radius 1 is 1.43 bits per heavy atom. The van der Waals surface area contributed by atoms with E-state index in [1.807, 2.05) is 0 Å². The average molecular weight is 341 g/mol. The van der Waals surface area contributed by atoms with Crippen molar-refractivity contribution < 1.29 is 8.42 Å². The standard InChI is InChI=1S/C9H6ClIO2S/c1-14(12,13)5-4-7-6-8(10)2-3-9(7)11/h2-3,6H,1H3. The second-order valence-electron chi connectivity index (χ2n) is 2.62. The van der Waals surface area contributed by atoms with Crippen molar-refractivity contribution in [1.29, 1.82) is 0 Å². The molecule has 1 rings (SSSR count). The zero-order chi connectivity index (χ0) is 10.8. The first kappa shape index (κ1) is 11.8. The molecule has 14 heavy (non-hydrogen) atoms. The van der Waals surface area contributed by atoms with E-state index in [2.05, 4.69) is 33.8 Å². The van der Waals surface area contributed by atoms with E-state index in [0.29, 0.717) is 10.6 Å². The maximum absolute atomic E-state index is 10.8. The normalized spacial score (nSPS) is 10.5. The molecule has 0 atom stereocenters. The van der Waals surface area contributed by atoms with E-state index in [0.717, 1.165) is 9.83 Å². The topological polar surface area (TPSA) is 34.1 Å². The Bertz CT molecular complexity index is 511. The van der Waals surface area contributed by atoms with Gasteiger partial charge in [-0.1, -0.05) is 11.6 Å². The number of sulfone groups is 1. The van der Waals surface area contributed by atoms with Crippen molar-refractivity contribution >= 4 is 44.0 Å². The first-order valence-electron chi connectivity index (χ1n) is 3.56. The van der Waals surface area contributed by atoms with Crippen LogP contribution in [0.4, 0.5) is 0 Å². The van der Waals surface area contributed by atoms with Crippen molar-refractivity contribution in [3.05, 3.63) is 32.4 Å². The summed E-state index contributed by atoms with van der Waals surface area (Å²) in [5, 5.41) is 2.71. The molecule has 0 aliphatic carbocycles. The lowest BCUT2D eigenvalue weighted by Gasteiger charge is -1.95. The van der Waals surface area contributed by atoms with E-state index in [4.69, 9.17) is 11.6 Å². The third-order valence-corrected chi connectivity index (χ3v) is 2.95. The SMILES string of the molecule is CS(=O)(=O)C#Cc1cc(Cl)ccc1I. The Morgan fingerprint density at radius 3 is 2.64 bits per heavy atom. The molecule has 0 amide bonds. The van der Waals surface area contributed by atoms with Gasteiger partial charge in [-0.3, -0.25) is 0 Å². The maximum atomic E-state index is 10.8. The molecule has 0 fully saturated rings. The Morgan fingerprint density at radius 2 is 2.07 bits per heavy atom. The van der Waals surface area contributed by atoms with Gasteiger partial charge in [0.25, 0.3) is 0 Å². The highest BCUT2D eigenvalue weighted by Gasteiger charge is 1.98. The molecular formula is C9H6ClIO2S. The van der Waals surface area contributed by atoms with Crippen molar-refractivity contribution in [2.24, 2.45) is 0 Å². The van der Waals surface area contributed by atoms with Crippen LogP contribution < -0.4 is 0 Å². The Kier molecular flexibility index (Phi) is 3.81. The first-order valence-corrected chi connectivity index (χ1v) is 6.91. The molecule has 0 unspecified atom stereocenters. The summed E-state index contributed by atoms with van der Waals surface area (Å²) in [7, 11) is -3.26. The van der Waals surface area contributed by atoms with Crippen LogP contribution in [0.15, 0.2) is 18.2 Å². The molecule has 1 aromatic rings. The first-order chi connectivity index (χ1) is 6.38.